The zero-order valence-corrected chi connectivity index (χ0v) is 15.5. The molecule has 0 saturated heterocycles. The first-order valence-electron chi connectivity index (χ1n) is 8.31. The number of nitrogens with zero attached hydrogens (tertiary/aromatic N) is 3. The van der Waals surface area contributed by atoms with Crippen molar-refractivity contribution in [3.8, 4) is 11.8 Å². The summed E-state index contributed by atoms with van der Waals surface area (Å²) in [5.74, 6) is -0.309. The van der Waals surface area contributed by atoms with Crippen LogP contribution in [0.5, 0.6) is 5.75 Å². The summed E-state index contributed by atoms with van der Waals surface area (Å²) in [6.07, 6.45) is -1.84. The number of benzene rings is 1. The van der Waals surface area contributed by atoms with E-state index in [4.69, 9.17) is 5.26 Å². The van der Waals surface area contributed by atoms with Gasteiger partial charge in [0, 0.05) is 11.9 Å². The Hall–Kier alpha value is -2.83. The number of rotatable bonds is 5. The van der Waals surface area contributed by atoms with E-state index in [9.17, 15) is 18.3 Å². The Morgan fingerprint density at radius 2 is 2.00 bits per heavy atom. The van der Waals surface area contributed by atoms with Crippen LogP contribution in [0.15, 0.2) is 47.5 Å². The lowest BCUT2D eigenvalue weighted by molar-refractivity contribution is -0.274. The zero-order chi connectivity index (χ0) is 20.3. The highest BCUT2D eigenvalue weighted by Crippen LogP contribution is 2.38. The molecule has 0 bridgehead atoms. The number of halogens is 3. The Balaban J connectivity index is 1.93. The number of hydrogen-bond acceptors (Lipinski definition) is 6. The second-order valence-corrected chi connectivity index (χ2v) is 7.16. The number of thiophene rings is 1. The van der Waals surface area contributed by atoms with Gasteiger partial charge in [-0.2, -0.15) is 5.26 Å². The third-order valence-corrected chi connectivity index (χ3v) is 5.15. The van der Waals surface area contributed by atoms with Crippen molar-refractivity contribution in [1.82, 2.24) is 4.90 Å². The first-order valence-corrected chi connectivity index (χ1v) is 9.12. The summed E-state index contributed by atoms with van der Waals surface area (Å²) in [6.45, 7) is 1.68. The molecule has 0 fully saturated rings. The fourth-order valence-electron chi connectivity index (χ4n) is 2.89. The monoisotopic (exact) mass is 407 g/mol. The van der Waals surface area contributed by atoms with Gasteiger partial charge in [0.2, 0.25) is 0 Å². The van der Waals surface area contributed by atoms with Crippen LogP contribution >= 0.6 is 11.3 Å². The third-order valence-electron chi connectivity index (χ3n) is 4.12. The molecule has 0 radical (unpaired) electrons. The van der Waals surface area contributed by atoms with Gasteiger partial charge in [0.1, 0.15) is 16.7 Å². The van der Waals surface area contributed by atoms with Gasteiger partial charge in [-0.3, -0.25) is 4.99 Å². The Bertz CT molecular complexity index is 929. The highest BCUT2D eigenvalue weighted by molar-refractivity contribution is 7.12. The second kappa shape index (κ2) is 8.04. The molecule has 2 atom stereocenters. The lowest BCUT2D eigenvalue weighted by atomic mass is 10.1. The molecule has 0 saturated carbocycles. The molecule has 1 aromatic carbocycles. The van der Waals surface area contributed by atoms with Gasteiger partial charge in [0.25, 0.3) is 0 Å². The fourth-order valence-corrected chi connectivity index (χ4v) is 3.74. The minimum Gasteiger partial charge on any atom is -0.406 e. The summed E-state index contributed by atoms with van der Waals surface area (Å²) in [5, 5.41) is 18.8. The molecule has 0 aliphatic carbocycles. The number of aliphatic hydroxyl groups excluding tert-OH is 1. The van der Waals surface area contributed by atoms with E-state index in [0.717, 1.165) is 4.88 Å². The van der Waals surface area contributed by atoms with E-state index in [1.165, 1.54) is 35.6 Å². The van der Waals surface area contributed by atoms with Crippen LogP contribution in [0.25, 0.3) is 5.70 Å². The van der Waals surface area contributed by atoms with Crippen LogP contribution in [0.3, 0.4) is 0 Å². The predicted octanol–water partition coefficient (Wildman–Crippen LogP) is 4.33. The SMILES string of the molecule is C[C@@H](CO)N1C(c2ccc(OC(F)(F)F)cc2)=CC=NC1c1ccc(C#N)s1. The number of ether oxygens (including phenoxy) is 1. The summed E-state index contributed by atoms with van der Waals surface area (Å²) >= 11 is 1.31. The average molecular weight is 407 g/mol. The van der Waals surface area contributed by atoms with Crippen LogP contribution in [0.4, 0.5) is 13.2 Å². The highest BCUT2D eigenvalue weighted by Gasteiger charge is 2.32. The van der Waals surface area contributed by atoms with E-state index in [1.54, 1.807) is 18.4 Å². The van der Waals surface area contributed by atoms with Gasteiger partial charge >= 0.3 is 6.36 Å². The molecule has 5 nitrogen and oxygen atoms in total. The fraction of sp³-hybridized carbons (Fsp3) is 0.263. The predicted molar refractivity (Wildman–Crippen MR) is 99.8 cm³/mol. The van der Waals surface area contributed by atoms with Crippen molar-refractivity contribution in [2.75, 3.05) is 6.61 Å². The van der Waals surface area contributed by atoms with Crippen molar-refractivity contribution in [2.45, 2.75) is 25.5 Å². The molecule has 9 heteroatoms. The summed E-state index contributed by atoms with van der Waals surface area (Å²) in [4.78, 5) is 7.74. The minimum absolute atomic E-state index is 0.144. The molecule has 1 aliphatic heterocycles. The Morgan fingerprint density at radius 1 is 1.29 bits per heavy atom. The summed E-state index contributed by atoms with van der Waals surface area (Å²) in [6, 6.07) is 10.8. The molecule has 1 aromatic heterocycles. The molecular formula is C19H16F3N3O2S. The van der Waals surface area contributed by atoms with E-state index in [-0.39, 0.29) is 18.4 Å². The van der Waals surface area contributed by atoms with E-state index in [2.05, 4.69) is 15.8 Å². The van der Waals surface area contributed by atoms with Gasteiger partial charge < -0.3 is 14.7 Å². The maximum Gasteiger partial charge on any atom is 0.573 e. The molecule has 1 aliphatic rings. The number of hydrogen-bond donors (Lipinski definition) is 1. The molecule has 0 spiro atoms. The van der Waals surface area contributed by atoms with Crippen LogP contribution in [-0.2, 0) is 0 Å². The molecule has 3 rings (SSSR count). The van der Waals surface area contributed by atoms with Crippen LogP contribution in [0.2, 0.25) is 0 Å². The molecule has 146 valence electrons. The standard InChI is InChI=1S/C19H16F3N3O2S/c1-12(11-26)25-16(13-2-4-14(5-3-13)27-19(20,21)22)8-9-24-18(25)17-7-6-15(10-23)28-17/h2-9,12,18,26H,11H2,1H3/t12-,18?/m0/s1. The molecule has 1 unspecified atom stereocenters. The molecule has 0 amide bonds. The molecule has 2 aromatic rings. The first-order chi connectivity index (χ1) is 13.3. The van der Waals surface area contributed by atoms with Gasteiger partial charge in [-0.15, -0.1) is 24.5 Å². The van der Waals surface area contributed by atoms with Gasteiger partial charge in [0.05, 0.1) is 17.5 Å². The second-order valence-electron chi connectivity index (χ2n) is 6.05. The van der Waals surface area contributed by atoms with Crippen molar-refractivity contribution in [3.63, 3.8) is 0 Å². The molecule has 28 heavy (non-hydrogen) atoms. The van der Waals surface area contributed by atoms with Crippen molar-refractivity contribution in [2.24, 2.45) is 4.99 Å². The van der Waals surface area contributed by atoms with E-state index >= 15 is 0 Å². The van der Waals surface area contributed by atoms with Crippen molar-refractivity contribution < 1.29 is 23.0 Å². The lowest BCUT2D eigenvalue weighted by Gasteiger charge is -2.38. The van der Waals surface area contributed by atoms with Gasteiger partial charge in [-0.05, 0) is 55.0 Å². The van der Waals surface area contributed by atoms with Crippen molar-refractivity contribution in [3.05, 3.63) is 57.8 Å². The van der Waals surface area contributed by atoms with Crippen molar-refractivity contribution >= 4 is 23.2 Å². The maximum absolute atomic E-state index is 12.4. The van der Waals surface area contributed by atoms with Gasteiger partial charge in [-0.1, -0.05) is 0 Å². The normalized spacial score (nSPS) is 17.8. The Labute approximate surface area is 163 Å². The lowest BCUT2D eigenvalue weighted by Crippen LogP contribution is -2.38. The van der Waals surface area contributed by atoms with Gasteiger partial charge in [0.15, 0.2) is 6.17 Å². The largest absolute Gasteiger partial charge is 0.573 e. The van der Waals surface area contributed by atoms with Crippen molar-refractivity contribution in [1.29, 1.82) is 5.26 Å². The van der Waals surface area contributed by atoms with E-state index in [0.29, 0.717) is 16.1 Å². The maximum atomic E-state index is 12.4. The molecule has 1 N–H and O–H groups in total. The van der Waals surface area contributed by atoms with Gasteiger partial charge in [-0.25, -0.2) is 0 Å². The van der Waals surface area contributed by atoms with Crippen LogP contribution < -0.4 is 4.74 Å². The van der Waals surface area contributed by atoms with Crippen LogP contribution in [-0.4, -0.2) is 35.2 Å². The number of aliphatic imine (C=N–C) groups is 1. The number of aliphatic hydroxyl groups is 1. The summed E-state index contributed by atoms with van der Waals surface area (Å²) in [5.41, 5.74) is 1.36. The average Bonchev–Trinajstić information content (AvgIpc) is 3.15. The Morgan fingerprint density at radius 3 is 2.57 bits per heavy atom. The minimum atomic E-state index is -4.75. The highest BCUT2D eigenvalue weighted by atomic mass is 32.1. The number of alkyl halides is 3. The quantitative estimate of drug-likeness (QED) is 0.801. The van der Waals surface area contributed by atoms with E-state index < -0.39 is 12.5 Å². The Kier molecular flexibility index (Phi) is 5.72. The topological polar surface area (TPSA) is 68.8 Å². The molecule has 2 heterocycles. The third kappa shape index (κ3) is 4.35. The summed E-state index contributed by atoms with van der Waals surface area (Å²) < 4.78 is 41.0. The van der Waals surface area contributed by atoms with Crippen LogP contribution in [0.1, 0.15) is 28.4 Å². The number of allylic oxidation sites excluding steroid dienone is 1. The first kappa shape index (κ1) is 19.9. The summed E-state index contributed by atoms with van der Waals surface area (Å²) in [7, 11) is 0. The smallest absolute Gasteiger partial charge is 0.406 e. The molecular weight excluding hydrogens is 391 g/mol. The van der Waals surface area contributed by atoms with E-state index in [1.807, 2.05) is 17.9 Å². The zero-order valence-electron chi connectivity index (χ0n) is 14.7. The number of nitriles is 1. The van der Waals surface area contributed by atoms with Crippen LogP contribution in [0, 0.1) is 11.3 Å².